The molecule has 24 heavy (non-hydrogen) atoms. The van der Waals surface area contributed by atoms with E-state index in [1.165, 1.54) is 0 Å². The molecule has 1 aliphatic rings. The number of nitrogens with one attached hydrogen (secondary N) is 1. The first kappa shape index (κ1) is 18.6. The lowest BCUT2D eigenvalue weighted by Crippen LogP contribution is -2.45. The monoisotopic (exact) mass is 335 g/mol. The quantitative estimate of drug-likeness (QED) is 0.752. The lowest BCUT2D eigenvalue weighted by molar-refractivity contribution is 0.0757. The Morgan fingerprint density at radius 3 is 2.67 bits per heavy atom. The molecule has 1 saturated heterocycles. The number of carbonyl (C=O) groups is 1. The second-order valence-corrected chi connectivity index (χ2v) is 6.49. The van der Waals surface area contributed by atoms with E-state index < -0.39 is 0 Å². The van der Waals surface area contributed by atoms with E-state index in [0.717, 1.165) is 38.3 Å². The van der Waals surface area contributed by atoms with Crippen molar-refractivity contribution in [1.29, 1.82) is 0 Å². The number of aryl methyl sites for hydroxylation is 1. The highest BCUT2D eigenvalue weighted by atomic mass is 16.5. The molecule has 1 aromatic heterocycles. The number of ether oxygens (including phenoxy) is 1. The summed E-state index contributed by atoms with van der Waals surface area (Å²) in [6.45, 7) is 10.9. The molecule has 2 heterocycles. The van der Waals surface area contributed by atoms with Gasteiger partial charge in [-0.15, -0.1) is 0 Å². The minimum Gasteiger partial charge on any atom is -0.379 e. The minimum absolute atomic E-state index is 0.123. The smallest absolute Gasteiger partial charge is 0.254 e. The number of piperazine rings is 1. The molecule has 134 valence electrons. The van der Waals surface area contributed by atoms with E-state index >= 15 is 0 Å². The fourth-order valence-corrected chi connectivity index (χ4v) is 2.52. The van der Waals surface area contributed by atoms with E-state index in [1.807, 2.05) is 20.8 Å². The minimum atomic E-state index is -0.123. The van der Waals surface area contributed by atoms with E-state index in [0.29, 0.717) is 24.7 Å². The molecule has 1 N–H and O–H groups in total. The van der Waals surface area contributed by atoms with Gasteiger partial charge >= 0.3 is 0 Å². The van der Waals surface area contributed by atoms with Crippen LogP contribution < -0.4 is 10.2 Å². The lowest BCUT2D eigenvalue weighted by Gasteiger charge is -2.32. The number of aromatic nitrogens is 2. The molecule has 1 amide bonds. The second kappa shape index (κ2) is 8.94. The summed E-state index contributed by atoms with van der Waals surface area (Å²) in [6, 6.07) is 0. The van der Waals surface area contributed by atoms with Gasteiger partial charge in [0.1, 0.15) is 0 Å². The molecular formula is C17H29N5O2. The Labute approximate surface area is 144 Å². The van der Waals surface area contributed by atoms with E-state index in [4.69, 9.17) is 4.74 Å². The fraction of sp³-hybridized carbons (Fsp3) is 0.706. The number of anilines is 1. The number of hydrogen-bond donors (Lipinski definition) is 1. The maximum atomic E-state index is 12.2. The third-order valence-electron chi connectivity index (χ3n) is 4.06. The van der Waals surface area contributed by atoms with Crippen LogP contribution in [0.4, 0.5) is 5.95 Å². The van der Waals surface area contributed by atoms with Gasteiger partial charge in [0.25, 0.3) is 5.91 Å². The van der Waals surface area contributed by atoms with Crippen LogP contribution in [-0.2, 0) is 4.74 Å². The first-order valence-electron chi connectivity index (χ1n) is 8.64. The van der Waals surface area contributed by atoms with E-state index in [2.05, 4.69) is 32.1 Å². The first-order valence-corrected chi connectivity index (χ1v) is 8.64. The van der Waals surface area contributed by atoms with Crippen molar-refractivity contribution < 1.29 is 9.53 Å². The second-order valence-electron chi connectivity index (χ2n) is 6.49. The summed E-state index contributed by atoms with van der Waals surface area (Å²) in [4.78, 5) is 25.6. The van der Waals surface area contributed by atoms with Crippen LogP contribution in [0.15, 0.2) is 6.20 Å². The van der Waals surface area contributed by atoms with Crippen molar-refractivity contribution in [3.8, 4) is 0 Å². The molecule has 0 radical (unpaired) electrons. The van der Waals surface area contributed by atoms with Crippen LogP contribution in [-0.4, -0.2) is 73.3 Å². The van der Waals surface area contributed by atoms with Crippen molar-refractivity contribution >= 4 is 11.9 Å². The SMILES string of the molecule is Cc1nc(N2CCN(C)CC2)ncc1C(=O)NCCCOC(C)C. The Hall–Kier alpha value is -1.73. The van der Waals surface area contributed by atoms with Crippen LogP contribution in [0.25, 0.3) is 0 Å². The van der Waals surface area contributed by atoms with Crippen LogP contribution in [0.1, 0.15) is 36.3 Å². The predicted octanol–water partition coefficient (Wildman–Crippen LogP) is 1.08. The highest BCUT2D eigenvalue weighted by molar-refractivity contribution is 5.94. The van der Waals surface area contributed by atoms with Gasteiger partial charge in [-0.05, 0) is 34.2 Å². The molecule has 2 rings (SSSR count). The average Bonchev–Trinajstić information content (AvgIpc) is 2.54. The number of likely N-dealkylation sites (N-methyl/N-ethyl adjacent to an activating group) is 1. The Kier molecular flexibility index (Phi) is 6.93. The number of rotatable bonds is 7. The van der Waals surface area contributed by atoms with Gasteiger partial charge in [0, 0.05) is 45.5 Å². The van der Waals surface area contributed by atoms with Gasteiger partial charge < -0.3 is 19.9 Å². The lowest BCUT2D eigenvalue weighted by atomic mass is 10.2. The van der Waals surface area contributed by atoms with Crippen molar-refractivity contribution in [2.45, 2.75) is 33.3 Å². The molecule has 0 saturated carbocycles. The van der Waals surface area contributed by atoms with Crippen molar-refractivity contribution in [2.24, 2.45) is 0 Å². The highest BCUT2D eigenvalue weighted by Crippen LogP contribution is 2.13. The molecule has 0 aromatic carbocycles. The molecule has 1 aromatic rings. The third kappa shape index (κ3) is 5.42. The first-order chi connectivity index (χ1) is 11.5. The third-order valence-corrected chi connectivity index (χ3v) is 4.06. The van der Waals surface area contributed by atoms with Gasteiger partial charge in [0.05, 0.1) is 17.4 Å². The van der Waals surface area contributed by atoms with Crippen molar-refractivity contribution in [3.63, 3.8) is 0 Å². The summed E-state index contributed by atoms with van der Waals surface area (Å²) < 4.78 is 5.46. The molecule has 0 unspecified atom stereocenters. The van der Waals surface area contributed by atoms with E-state index in [9.17, 15) is 4.79 Å². The summed E-state index contributed by atoms with van der Waals surface area (Å²) in [5.74, 6) is 0.587. The largest absolute Gasteiger partial charge is 0.379 e. The van der Waals surface area contributed by atoms with Crippen LogP contribution in [0, 0.1) is 6.92 Å². The Balaban J connectivity index is 1.86. The molecule has 0 spiro atoms. The average molecular weight is 335 g/mol. The molecule has 0 aliphatic carbocycles. The Bertz CT molecular complexity index is 542. The molecule has 7 heteroatoms. The zero-order valence-corrected chi connectivity index (χ0v) is 15.2. The van der Waals surface area contributed by atoms with E-state index in [1.54, 1.807) is 6.20 Å². The van der Waals surface area contributed by atoms with E-state index in [-0.39, 0.29) is 12.0 Å². The maximum Gasteiger partial charge on any atom is 0.254 e. The van der Waals surface area contributed by atoms with Crippen molar-refractivity contribution in [1.82, 2.24) is 20.2 Å². The standard InChI is InChI=1S/C17H29N5O2/c1-13(2)24-11-5-6-18-16(23)15-12-19-17(20-14(15)3)22-9-7-21(4)8-10-22/h12-13H,5-11H2,1-4H3,(H,18,23). The molecule has 0 bridgehead atoms. The van der Waals surface area contributed by atoms with Gasteiger partial charge in [-0.1, -0.05) is 0 Å². The van der Waals surface area contributed by atoms with Gasteiger partial charge in [0.15, 0.2) is 0 Å². The van der Waals surface area contributed by atoms with Crippen LogP contribution >= 0.6 is 0 Å². The summed E-state index contributed by atoms with van der Waals surface area (Å²) in [5.41, 5.74) is 1.26. The normalized spacial score (nSPS) is 15.8. The number of carbonyl (C=O) groups excluding carboxylic acids is 1. The zero-order chi connectivity index (χ0) is 17.5. The van der Waals surface area contributed by atoms with Gasteiger partial charge in [-0.3, -0.25) is 4.79 Å². The summed E-state index contributed by atoms with van der Waals surface area (Å²) in [5, 5.41) is 2.90. The van der Waals surface area contributed by atoms with Gasteiger partial charge in [0.2, 0.25) is 5.95 Å². The Morgan fingerprint density at radius 2 is 2.04 bits per heavy atom. The van der Waals surface area contributed by atoms with Crippen LogP contribution in [0.3, 0.4) is 0 Å². The Morgan fingerprint density at radius 1 is 1.33 bits per heavy atom. The molecule has 1 fully saturated rings. The topological polar surface area (TPSA) is 70.6 Å². The van der Waals surface area contributed by atoms with Crippen LogP contribution in [0.5, 0.6) is 0 Å². The number of hydrogen-bond acceptors (Lipinski definition) is 6. The number of amides is 1. The van der Waals surface area contributed by atoms with Crippen LogP contribution in [0.2, 0.25) is 0 Å². The number of nitrogens with zero attached hydrogens (tertiary/aromatic N) is 4. The fourth-order valence-electron chi connectivity index (χ4n) is 2.52. The van der Waals surface area contributed by atoms with Gasteiger partial charge in [-0.25, -0.2) is 9.97 Å². The predicted molar refractivity (Wildman–Crippen MR) is 94.5 cm³/mol. The summed E-state index contributed by atoms with van der Waals surface area (Å²) >= 11 is 0. The molecule has 1 aliphatic heterocycles. The molecule has 0 atom stereocenters. The summed E-state index contributed by atoms with van der Waals surface area (Å²) in [6.07, 6.45) is 2.65. The summed E-state index contributed by atoms with van der Waals surface area (Å²) in [7, 11) is 2.11. The maximum absolute atomic E-state index is 12.2. The van der Waals surface area contributed by atoms with Crippen molar-refractivity contribution in [3.05, 3.63) is 17.5 Å². The van der Waals surface area contributed by atoms with Crippen molar-refractivity contribution in [2.75, 3.05) is 51.3 Å². The zero-order valence-electron chi connectivity index (χ0n) is 15.2. The molecule has 7 nitrogen and oxygen atoms in total. The molecular weight excluding hydrogens is 306 g/mol. The highest BCUT2D eigenvalue weighted by Gasteiger charge is 2.18. The van der Waals surface area contributed by atoms with Gasteiger partial charge in [-0.2, -0.15) is 0 Å².